The number of nitrogens with zero attached hydrogens (tertiary/aromatic N) is 2. The van der Waals surface area contributed by atoms with Gasteiger partial charge in [-0.3, -0.25) is 24.2 Å². The van der Waals surface area contributed by atoms with Gasteiger partial charge in [-0.1, -0.05) is 169 Å². The zero-order chi connectivity index (χ0) is 45.9. The van der Waals surface area contributed by atoms with Crippen molar-refractivity contribution in [2.24, 2.45) is 11.8 Å². The minimum Gasteiger partial charge on any atom is -0.465 e. The summed E-state index contributed by atoms with van der Waals surface area (Å²) in [6, 6.07) is 0.612. The van der Waals surface area contributed by atoms with E-state index in [2.05, 4.69) is 37.5 Å². The molecule has 0 aromatic carbocycles. The Hall–Kier alpha value is -1.71. The molecule has 0 bridgehead atoms. The normalized spacial score (nSPS) is 13.7. The molecule has 1 aliphatic rings. The Morgan fingerprint density at radius 2 is 0.825 bits per heavy atom. The average Bonchev–Trinajstić information content (AvgIpc) is 3.83. The molecule has 1 atom stereocenters. The molecule has 9 heteroatoms. The molecule has 1 rings (SSSR count). The fourth-order valence-electron chi connectivity index (χ4n) is 9.22. The van der Waals surface area contributed by atoms with E-state index in [0.717, 1.165) is 103 Å². The summed E-state index contributed by atoms with van der Waals surface area (Å²) >= 11 is 0. The number of hydrogen-bond donors (Lipinski definition) is 1. The Labute approximate surface area is 389 Å². The molecule has 1 saturated carbocycles. The van der Waals surface area contributed by atoms with Gasteiger partial charge in [0.05, 0.1) is 26.4 Å². The van der Waals surface area contributed by atoms with Crippen LogP contribution in [0.1, 0.15) is 252 Å². The molecule has 0 amide bonds. The molecule has 0 aromatic rings. The van der Waals surface area contributed by atoms with Crippen molar-refractivity contribution >= 4 is 17.9 Å². The van der Waals surface area contributed by atoms with Gasteiger partial charge in [0.2, 0.25) is 0 Å². The number of carbonyl (C=O) groups excluding carboxylic acids is 3. The molecule has 0 aliphatic heterocycles. The summed E-state index contributed by atoms with van der Waals surface area (Å²) in [4.78, 5) is 43.0. The molecule has 0 saturated heterocycles. The van der Waals surface area contributed by atoms with Crippen LogP contribution in [0.25, 0.3) is 0 Å². The maximum absolute atomic E-state index is 12.8. The smallest absolute Gasteiger partial charge is 0.305 e. The second kappa shape index (κ2) is 44.1. The van der Waals surface area contributed by atoms with E-state index in [9.17, 15) is 19.5 Å². The molecule has 63 heavy (non-hydrogen) atoms. The average molecular weight is 893 g/mol. The Balaban J connectivity index is 2.56. The van der Waals surface area contributed by atoms with Gasteiger partial charge in [0.1, 0.15) is 0 Å². The highest BCUT2D eigenvalue weighted by molar-refractivity contribution is 5.70. The van der Waals surface area contributed by atoms with Crippen LogP contribution in [-0.4, -0.2) is 98.0 Å². The first-order valence-electron chi connectivity index (χ1n) is 27.4. The van der Waals surface area contributed by atoms with Crippen molar-refractivity contribution in [3.63, 3.8) is 0 Å². The zero-order valence-electron chi connectivity index (χ0n) is 42.1. The summed E-state index contributed by atoms with van der Waals surface area (Å²) in [6.45, 7) is 14.9. The standard InChI is InChI=1S/C54H104N2O7/c1-5-9-13-17-20-23-33-49(32-22-16-12-8-4)46-61-52(58)39-26-21-30-40-55(44-45-57)42-43-56(51-35-27-28-36-51)41-31-29-34-50(47-62-53(59)37-24-18-14-10-6-2)48-63-54(60)38-25-19-15-11-7-3/h49-51,57H,5-48H2,1-4H3. The zero-order valence-corrected chi connectivity index (χ0v) is 42.1. The van der Waals surface area contributed by atoms with Gasteiger partial charge in [0.25, 0.3) is 0 Å². The summed E-state index contributed by atoms with van der Waals surface area (Å²) in [7, 11) is 0. The van der Waals surface area contributed by atoms with Crippen molar-refractivity contribution in [1.29, 1.82) is 0 Å². The lowest BCUT2D eigenvalue weighted by atomic mass is 9.95. The van der Waals surface area contributed by atoms with Crippen LogP contribution < -0.4 is 0 Å². The first-order chi connectivity index (χ1) is 30.9. The van der Waals surface area contributed by atoms with E-state index in [-0.39, 0.29) is 30.4 Å². The maximum atomic E-state index is 12.8. The van der Waals surface area contributed by atoms with Gasteiger partial charge in [-0.25, -0.2) is 0 Å². The lowest BCUT2D eigenvalue weighted by molar-refractivity contribution is -0.149. The summed E-state index contributed by atoms with van der Waals surface area (Å²) in [5.41, 5.74) is 0. The number of hydrogen-bond acceptors (Lipinski definition) is 9. The van der Waals surface area contributed by atoms with E-state index in [0.29, 0.717) is 57.6 Å². The Morgan fingerprint density at radius 3 is 1.32 bits per heavy atom. The number of ether oxygens (including phenoxy) is 3. The maximum Gasteiger partial charge on any atom is 0.305 e. The van der Waals surface area contributed by atoms with Gasteiger partial charge in [-0.15, -0.1) is 0 Å². The molecule has 0 spiro atoms. The van der Waals surface area contributed by atoms with Crippen molar-refractivity contribution in [3.8, 4) is 0 Å². The molecule has 372 valence electrons. The molecule has 1 fully saturated rings. The number of aliphatic hydroxyl groups excluding tert-OH is 1. The van der Waals surface area contributed by atoms with Crippen molar-refractivity contribution in [1.82, 2.24) is 9.80 Å². The van der Waals surface area contributed by atoms with E-state index in [4.69, 9.17) is 14.2 Å². The third-order valence-electron chi connectivity index (χ3n) is 13.5. The third kappa shape index (κ3) is 36.1. The molecule has 0 aromatic heterocycles. The first kappa shape index (κ1) is 59.3. The minimum absolute atomic E-state index is 0.0204. The second-order valence-corrected chi connectivity index (χ2v) is 19.4. The van der Waals surface area contributed by atoms with Gasteiger partial charge in [-0.2, -0.15) is 0 Å². The van der Waals surface area contributed by atoms with Crippen LogP contribution in [0, 0.1) is 11.8 Å². The van der Waals surface area contributed by atoms with E-state index >= 15 is 0 Å². The molecule has 1 N–H and O–H groups in total. The molecule has 9 nitrogen and oxygen atoms in total. The van der Waals surface area contributed by atoms with Gasteiger partial charge in [0, 0.05) is 50.9 Å². The van der Waals surface area contributed by atoms with Gasteiger partial charge >= 0.3 is 17.9 Å². The number of esters is 3. The number of rotatable bonds is 47. The van der Waals surface area contributed by atoms with Gasteiger partial charge in [-0.05, 0) is 83.2 Å². The van der Waals surface area contributed by atoms with Crippen LogP contribution in [0.15, 0.2) is 0 Å². The molecule has 0 heterocycles. The summed E-state index contributed by atoms with van der Waals surface area (Å²) < 4.78 is 17.3. The van der Waals surface area contributed by atoms with Crippen molar-refractivity contribution in [3.05, 3.63) is 0 Å². The van der Waals surface area contributed by atoms with Gasteiger partial charge < -0.3 is 19.3 Å². The van der Waals surface area contributed by atoms with Crippen LogP contribution in [0.5, 0.6) is 0 Å². The number of aliphatic hydroxyl groups is 1. The van der Waals surface area contributed by atoms with Crippen LogP contribution in [0.4, 0.5) is 0 Å². The van der Waals surface area contributed by atoms with E-state index in [1.165, 1.54) is 128 Å². The quantitative estimate of drug-likeness (QED) is 0.0363. The summed E-state index contributed by atoms with van der Waals surface area (Å²) in [6.07, 6.45) is 38.6. The highest BCUT2D eigenvalue weighted by Gasteiger charge is 2.23. The molecule has 0 radical (unpaired) electrons. The van der Waals surface area contributed by atoms with E-state index in [1.54, 1.807) is 0 Å². The predicted molar refractivity (Wildman–Crippen MR) is 263 cm³/mol. The van der Waals surface area contributed by atoms with E-state index < -0.39 is 0 Å². The molecule has 1 unspecified atom stereocenters. The monoisotopic (exact) mass is 893 g/mol. The lowest BCUT2D eigenvalue weighted by Gasteiger charge is -2.32. The molecular formula is C54H104N2O7. The SMILES string of the molecule is CCCCCCCCC(CCCCCC)COC(=O)CCCCCN(CCO)CCN(CCCCC(COC(=O)CCCCCCC)COC(=O)CCCCCCC)C1CCCC1. The minimum atomic E-state index is -0.132. The summed E-state index contributed by atoms with van der Waals surface area (Å²) in [5, 5.41) is 9.93. The number of unbranched alkanes of at least 4 members (excludes halogenated alkanes) is 19. The van der Waals surface area contributed by atoms with Crippen LogP contribution >= 0.6 is 0 Å². The first-order valence-corrected chi connectivity index (χ1v) is 27.4. The Bertz CT molecular complexity index is 1010. The van der Waals surface area contributed by atoms with Crippen LogP contribution in [0.2, 0.25) is 0 Å². The lowest BCUT2D eigenvalue weighted by Crippen LogP contribution is -2.41. The highest BCUT2D eigenvalue weighted by Crippen LogP contribution is 2.25. The molecular weight excluding hydrogens is 789 g/mol. The Kier molecular flexibility index (Phi) is 41.6. The number of carbonyl (C=O) groups is 3. The van der Waals surface area contributed by atoms with Crippen molar-refractivity contribution in [2.45, 2.75) is 258 Å². The topological polar surface area (TPSA) is 106 Å². The largest absolute Gasteiger partial charge is 0.465 e. The van der Waals surface area contributed by atoms with Gasteiger partial charge in [0.15, 0.2) is 0 Å². The third-order valence-corrected chi connectivity index (χ3v) is 13.5. The van der Waals surface area contributed by atoms with Crippen LogP contribution in [-0.2, 0) is 28.6 Å². The predicted octanol–water partition coefficient (Wildman–Crippen LogP) is 13.6. The van der Waals surface area contributed by atoms with Crippen molar-refractivity contribution < 1.29 is 33.7 Å². The fourth-order valence-corrected chi connectivity index (χ4v) is 9.22. The van der Waals surface area contributed by atoms with E-state index in [1.807, 2.05) is 0 Å². The molecule has 1 aliphatic carbocycles. The second-order valence-electron chi connectivity index (χ2n) is 19.4. The summed E-state index contributed by atoms with van der Waals surface area (Å²) in [5.74, 6) is 0.221. The Morgan fingerprint density at radius 1 is 0.444 bits per heavy atom. The van der Waals surface area contributed by atoms with Crippen LogP contribution in [0.3, 0.4) is 0 Å². The fraction of sp³-hybridized carbons (Fsp3) is 0.944. The van der Waals surface area contributed by atoms with Crippen molar-refractivity contribution in [2.75, 3.05) is 59.2 Å². The highest BCUT2D eigenvalue weighted by atomic mass is 16.5.